The van der Waals surface area contributed by atoms with Crippen LogP contribution in [0, 0.1) is 5.92 Å². The zero-order chi connectivity index (χ0) is 24.8. The maximum absolute atomic E-state index is 14.4. The van der Waals surface area contributed by atoms with Gasteiger partial charge in [-0.1, -0.05) is 53.5 Å². The minimum atomic E-state index is -1.48. The van der Waals surface area contributed by atoms with Gasteiger partial charge in [0.15, 0.2) is 5.78 Å². The first-order valence-electron chi connectivity index (χ1n) is 12.0. The van der Waals surface area contributed by atoms with Crippen molar-refractivity contribution in [3.63, 3.8) is 0 Å². The van der Waals surface area contributed by atoms with Crippen LogP contribution in [-0.4, -0.2) is 35.1 Å². The molecule has 2 fully saturated rings. The molecule has 0 radical (unpaired) electrons. The zero-order valence-corrected chi connectivity index (χ0v) is 20.6. The molecule has 4 aliphatic heterocycles. The second-order valence-corrected chi connectivity index (χ2v) is 10.7. The lowest BCUT2D eigenvalue weighted by atomic mass is 9.57. The Morgan fingerprint density at radius 1 is 0.889 bits per heavy atom. The Morgan fingerprint density at radius 3 is 2.44 bits per heavy atom. The number of carbonyl (C=O) groups is 3. The number of anilines is 2. The molecule has 180 valence electrons. The molecule has 3 aromatic rings. The summed E-state index contributed by atoms with van der Waals surface area (Å²) in [4.78, 5) is 45.2. The third-order valence-corrected chi connectivity index (χ3v) is 9.06. The van der Waals surface area contributed by atoms with Crippen molar-refractivity contribution >= 4 is 52.2 Å². The number of para-hydroxylation sites is 2. The highest BCUT2D eigenvalue weighted by Gasteiger charge is 2.81. The van der Waals surface area contributed by atoms with Crippen LogP contribution in [0.2, 0.25) is 10.0 Å². The number of benzene rings is 3. The van der Waals surface area contributed by atoms with E-state index in [1.807, 2.05) is 30.3 Å². The summed E-state index contributed by atoms with van der Waals surface area (Å²) in [5, 5.41) is 6.96. The van der Waals surface area contributed by atoms with Crippen molar-refractivity contribution in [3.8, 4) is 0 Å². The summed E-state index contributed by atoms with van der Waals surface area (Å²) in [5.41, 5.74) is 0.00844. The molecule has 4 atom stereocenters. The van der Waals surface area contributed by atoms with Crippen LogP contribution in [0.15, 0.2) is 66.7 Å². The molecular weight excluding hydrogens is 497 g/mol. The molecule has 0 bridgehead atoms. The van der Waals surface area contributed by atoms with Crippen LogP contribution in [0.3, 0.4) is 0 Å². The fourth-order valence-electron chi connectivity index (χ4n) is 7.36. The van der Waals surface area contributed by atoms with Crippen molar-refractivity contribution in [2.45, 2.75) is 29.8 Å². The molecule has 2 N–H and O–H groups in total. The Hall–Kier alpha value is -3.19. The zero-order valence-electron chi connectivity index (χ0n) is 19.1. The van der Waals surface area contributed by atoms with Gasteiger partial charge in [0.05, 0.1) is 16.6 Å². The van der Waals surface area contributed by atoms with E-state index < -0.39 is 16.9 Å². The molecule has 0 aromatic heterocycles. The molecule has 7 rings (SSSR count). The Balaban J connectivity index is 1.59. The van der Waals surface area contributed by atoms with Crippen LogP contribution >= 0.6 is 23.2 Å². The fourth-order valence-corrected chi connectivity index (χ4v) is 7.71. The summed E-state index contributed by atoms with van der Waals surface area (Å²) < 4.78 is 0. The quantitative estimate of drug-likeness (QED) is 0.468. The number of fused-ring (bicyclic) bond motifs is 7. The van der Waals surface area contributed by atoms with Gasteiger partial charge in [-0.05, 0) is 61.3 Å². The van der Waals surface area contributed by atoms with E-state index in [-0.39, 0.29) is 23.6 Å². The van der Waals surface area contributed by atoms with Crippen molar-refractivity contribution in [1.29, 1.82) is 0 Å². The normalized spacial score (nSPS) is 29.8. The van der Waals surface area contributed by atoms with Gasteiger partial charge >= 0.3 is 0 Å². The standard InChI is InChI=1S/C28H21Cl2N3O3/c29-16-12-10-15(11-13-16)24(34)22-21-9-4-14-33(21)28(18-6-3-7-19(30)23(18)32-26(28)36)27(22)17-5-1-2-8-20(17)31-25(27)35/h1-3,5-8,10-13,21-22H,4,9,14H2,(H,31,35)(H,32,36)/t21-,22-,27+,28+/m1/s1. The average molecular weight is 518 g/mol. The number of carbonyl (C=O) groups excluding carboxylic acids is 3. The van der Waals surface area contributed by atoms with E-state index in [1.54, 1.807) is 36.4 Å². The van der Waals surface area contributed by atoms with Crippen LogP contribution in [0.4, 0.5) is 11.4 Å². The molecule has 2 amide bonds. The second-order valence-electron chi connectivity index (χ2n) is 9.89. The molecule has 36 heavy (non-hydrogen) atoms. The lowest BCUT2D eigenvalue weighted by Gasteiger charge is -2.43. The summed E-state index contributed by atoms with van der Waals surface area (Å²) in [5.74, 6) is -1.62. The van der Waals surface area contributed by atoms with Crippen molar-refractivity contribution < 1.29 is 14.4 Å². The first-order chi connectivity index (χ1) is 17.4. The monoisotopic (exact) mass is 517 g/mol. The molecule has 6 nitrogen and oxygen atoms in total. The number of halogens is 2. The number of nitrogens with zero attached hydrogens (tertiary/aromatic N) is 1. The highest BCUT2D eigenvalue weighted by atomic mass is 35.5. The second kappa shape index (κ2) is 7.42. The van der Waals surface area contributed by atoms with Gasteiger partial charge in [-0.2, -0.15) is 0 Å². The number of hydrogen-bond acceptors (Lipinski definition) is 4. The Bertz CT molecular complexity index is 1490. The lowest BCUT2D eigenvalue weighted by molar-refractivity contribution is -0.137. The summed E-state index contributed by atoms with van der Waals surface area (Å²) in [6, 6.07) is 19.2. The van der Waals surface area contributed by atoms with Crippen LogP contribution in [0.1, 0.15) is 34.3 Å². The highest BCUT2D eigenvalue weighted by molar-refractivity contribution is 6.35. The van der Waals surface area contributed by atoms with E-state index in [4.69, 9.17) is 23.2 Å². The van der Waals surface area contributed by atoms with Crippen LogP contribution in [-0.2, 0) is 20.5 Å². The van der Waals surface area contributed by atoms with E-state index in [2.05, 4.69) is 15.5 Å². The maximum Gasteiger partial charge on any atom is 0.251 e. The number of amides is 2. The predicted octanol–water partition coefficient (Wildman–Crippen LogP) is 5.01. The summed E-state index contributed by atoms with van der Waals surface area (Å²) >= 11 is 12.7. The van der Waals surface area contributed by atoms with Crippen LogP contribution in [0.25, 0.3) is 0 Å². The average Bonchev–Trinajstić information content (AvgIpc) is 3.59. The third-order valence-electron chi connectivity index (χ3n) is 8.49. The third kappa shape index (κ3) is 2.40. The molecule has 4 aliphatic rings. The van der Waals surface area contributed by atoms with Gasteiger partial charge < -0.3 is 10.6 Å². The van der Waals surface area contributed by atoms with E-state index in [0.29, 0.717) is 51.1 Å². The topological polar surface area (TPSA) is 78.5 Å². The Kier molecular flexibility index (Phi) is 4.54. The van der Waals surface area contributed by atoms with Crippen LogP contribution < -0.4 is 10.6 Å². The summed E-state index contributed by atoms with van der Waals surface area (Å²) in [6.07, 6.45) is 1.52. The van der Waals surface area contributed by atoms with Crippen molar-refractivity contribution in [2.75, 3.05) is 17.2 Å². The minimum Gasteiger partial charge on any atom is -0.325 e. The highest BCUT2D eigenvalue weighted by Crippen LogP contribution is 2.68. The minimum absolute atomic E-state index is 0.171. The number of Topliss-reactive ketones (excluding diaryl/α,β-unsaturated/α-hetero) is 1. The number of rotatable bonds is 2. The van der Waals surface area contributed by atoms with Gasteiger partial charge in [-0.3, -0.25) is 19.3 Å². The summed E-state index contributed by atoms with van der Waals surface area (Å²) in [6.45, 7) is 0.589. The van der Waals surface area contributed by atoms with Gasteiger partial charge in [0, 0.05) is 27.9 Å². The molecule has 0 aliphatic carbocycles. The van der Waals surface area contributed by atoms with Crippen molar-refractivity contribution in [3.05, 3.63) is 93.5 Å². The van der Waals surface area contributed by atoms with Crippen molar-refractivity contribution in [2.24, 2.45) is 5.92 Å². The lowest BCUT2D eigenvalue weighted by Crippen LogP contribution is -2.62. The van der Waals surface area contributed by atoms with Gasteiger partial charge in [-0.25, -0.2) is 0 Å². The molecule has 4 heterocycles. The van der Waals surface area contributed by atoms with E-state index in [0.717, 1.165) is 6.42 Å². The van der Waals surface area contributed by atoms with Gasteiger partial charge in [0.2, 0.25) is 5.91 Å². The first-order valence-corrected chi connectivity index (χ1v) is 12.8. The van der Waals surface area contributed by atoms with E-state index in [9.17, 15) is 14.4 Å². The molecule has 0 saturated carbocycles. The predicted molar refractivity (Wildman–Crippen MR) is 138 cm³/mol. The smallest absolute Gasteiger partial charge is 0.251 e. The molecule has 0 unspecified atom stereocenters. The van der Waals surface area contributed by atoms with Gasteiger partial charge in [-0.15, -0.1) is 0 Å². The molecule has 8 heteroatoms. The van der Waals surface area contributed by atoms with Gasteiger partial charge in [0.25, 0.3) is 5.91 Å². The molecule has 2 saturated heterocycles. The maximum atomic E-state index is 14.4. The molecule has 3 aromatic carbocycles. The van der Waals surface area contributed by atoms with Crippen LogP contribution in [0.5, 0.6) is 0 Å². The van der Waals surface area contributed by atoms with Gasteiger partial charge in [0.1, 0.15) is 11.0 Å². The number of hydrogen-bond donors (Lipinski definition) is 2. The Labute approximate surface area is 217 Å². The van der Waals surface area contributed by atoms with E-state index >= 15 is 0 Å². The van der Waals surface area contributed by atoms with E-state index in [1.165, 1.54) is 0 Å². The number of nitrogens with one attached hydrogen (secondary N) is 2. The largest absolute Gasteiger partial charge is 0.325 e. The Morgan fingerprint density at radius 2 is 1.64 bits per heavy atom. The summed E-state index contributed by atoms with van der Waals surface area (Å²) in [7, 11) is 0. The van der Waals surface area contributed by atoms with Crippen molar-refractivity contribution in [1.82, 2.24) is 4.90 Å². The first kappa shape index (κ1) is 22.0. The fraction of sp³-hybridized carbons (Fsp3) is 0.250. The molecule has 2 spiro atoms. The molecular formula is C28H21Cl2N3O3. The SMILES string of the molecule is O=C(c1ccc(Cl)cc1)[C@H]1[C@H]2CCCN2[C@@]2(C(=O)Nc3c(Cl)cccc32)[C@]12C(=O)Nc1ccccc12. The number of ketones is 1.